The van der Waals surface area contributed by atoms with Crippen LogP contribution < -0.4 is 5.32 Å². The van der Waals surface area contributed by atoms with Crippen molar-refractivity contribution in [2.24, 2.45) is 5.92 Å². The first-order valence-corrected chi connectivity index (χ1v) is 8.35. The second-order valence-corrected chi connectivity index (χ2v) is 5.26. The Labute approximate surface area is 143 Å². The Kier molecular flexibility index (Phi) is 9.53. The molecular formula is C18H27NO5. The molecule has 0 aliphatic carbocycles. The number of rotatable bonds is 10. The molecular weight excluding hydrogens is 310 g/mol. The molecule has 1 amide bonds. The van der Waals surface area contributed by atoms with Gasteiger partial charge >= 0.3 is 12.1 Å². The van der Waals surface area contributed by atoms with Gasteiger partial charge < -0.3 is 14.2 Å². The first-order chi connectivity index (χ1) is 11.6. The molecule has 6 nitrogen and oxygen atoms in total. The number of alkyl carbamates (subject to hydrolysis) is 1. The minimum absolute atomic E-state index is 0.173. The number of amides is 1. The van der Waals surface area contributed by atoms with Crippen LogP contribution in [0.4, 0.5) is 4.79 Å². The molecule has 0 saturated heterocycles. The summed E-state index contributed by atoms with van der Waals surface area (Å²) in [6.07, 6.45) is -0.302. The molecule has 1 aromatic carbocycles. The topological polar surface area (TPSA) is 73.9 Å². The van der Waals surface area contributed by atoms with Crippen molar-refractivity contribution in [1.29, 1.82) is 0 Å². The summed E-state index contributed by atoms with van der Waals surface area (Å²) in [6, 6.07) is 9.42. The lowest BCUT2D eigenvalue weighted by atomic mass is 10.0. The highest BCUT2D eigenvalue weighted by Gasteiger charge is 2.26. The highest BCUT2D eigenvalue weighted by Crippen LogP contribution is 2.16. The van der Waals surface area contributed by atoms with E-state index in [1.54, 1.807) is 6.92 Å². The molecule has 24 heavy (non-hydrogen) atoms. The average molecular weight is 337 g/mol. The normalized spacial score (nSPS) is 13.0. The highest BCUT2D eigenvalue weighted by molar-refractivity contribution is 5.70. The van der Waals surface area contributed by atoms with Gasteiger partial charge in [0.15, 0.2) is 0 Å². The summed E-state index contributed by atoms with van der Waals surface area (Å²) in [5.74, 6) is -0.471. The SMILES string of the molecule is CCOC(=O)CC(CC)C(NC(=O)OCc1ccccc1)OCC. The zero-order valence-corrected chi connectivity index (χ0v) is 14.6. The summed E-state index contributed by atoms with van der Waals surface area (Å²) < 4.78 is 15.8. The van der Waals surface area contributed by atoms with Crippen LogP contribution in [0.1, 0.15) is 39.2 Å². The van der Waals surface area contributed by atoms with Crippen LogP contribution in [0, 0.1) is 5.92 Å². The van der Waals surface area contributed by atoms with Crippen LogP contribution in [-0.2, 0) is 25.6 Å². The first kappa shape index (κ1) is 20.0. The van der Waals surface area contributed by atoms with Crippen LogP contribution >= 0.6 is 0 Å². The van der Waals surface area contributed by atoms with Crippen molar-refractivity contribution < 1.29 is 23.8 Å². The third-order valence-electron chi connectivity index (χ3n) is 3.51. The van der Waals surface area contributed by atoms with E-state index in [-0.39, 0.29) is 24.9 Å². The molecule has 0 saturated carbocycles. The Hall–Kier alpha value is -2.08. The smallest absolute Gasteiger partial charge is 0.409 e. The number of hydrogen-bond acceptors (Lipinski definition) is 5. The number of carbonyl (C=O) groups excluding carboxylic acids is 2. The van der Waals surface area contributed by atoms with Gasteiger partial charge in [-0.25, -0.2) is 4.79 Å². The fourth-order valence-electron chi connectivity index (χ4n) is 2.26. The summed E-state index contributed by atoms with van der Waals surface area (Å²) in [6.45, 7) is 6.47. The van der Waals surface area contributed by atoms with Crippen molar-refractivity contribution in [2.45, 2.75) is 46.4 Å². The average Bonchev–Trinajstić information content (AvgIpc) is 2.59. The zero-order chi connectivity index (χ0) is 17.8. The van der Waals surface area contributed by atoms with Gasteiger partial charge in [0.05, 0.1) is 13.0 Å². The van der Waals surface area contributed by atoms with Crippen LogP contribution in [0.3, 0.4) is 0 Å². The molecule has 2 unspecified atom stereocenters. The predicted octanol–water partition coefficient (Wildman–Crippen LogP) is 3.25. The Balaban J connectivity index is 2.55. The maximum atomic E-state index is 12.0. The van der Waals surface area contributed by atoms with Crippen molar-refractivity contribution in [2.75, 3.05) is 13.2 Å². The van der Waals surface area contributed by atoms with Gasteiger partial charge in [0.2, 0.25) is 0 Å². The first-order valence-electron chi connectivity index (χ1n) is 8.35. The van der Waals surface area contributed by atoms with Crippen LogP contribution in [-0.4, -0.2) is 31.5 Å². The quantitative estimate of drug-likeness (QED) is 0.524. The fourth-order valence-corrected chi connectivity index (χ4v) is 2.26. The Morgan fingerprint density at radius 2 is 1.75 bits per heavy atom. The lowest BCUT2D eigenvalue weighted by Crippen LogP contribution is -2.43. The third-order valence-corrected chi connectivity index (χ3v) is 3.51. The van der Waals surface area contributed by atoms with Crippen molar-refractivity contribution in [3.63, 3.8) is 0 Å². The second-order valence-electron chi connectivity index (χ2n) is 5.26. The number of esters is 1. The van der Waals surface area contributed by atoms with E-state index < -0.39 is 12.3 Å². The van der Waals surface area contributed by atoms with Gasteiger partial charge in [0.25, 0.3) is 0 Å². The van der Waals surface area contributed by atoms with E-state index in [4.69, 9.17) is 14.2 Å². The molecule has 0 aliphatic rings. The maximum absolute atomic E-state index is 12.0. The van der Waals surface area contributed by atoms with Gasteiger partial charge in [0.1, 0.15) is 12.8 Å². The van der Waals surface area contributed by atoms with Crippen LogP contribution in [0.2, 0.25) is 0 Å². The molecule has 0 aliphatic heterocycles. The lowest BCUT2D eigenvalue weighted by Gasteiger charge is -2.26. The van der Waals surface area contributed by atoms with Crippen molar-refractivity contribution in [3.8, 4) is 0 Å². The third kappa shape index (κ3) is 7.46. The van der Waals surface area contributed by atoms with E-state index in [1.807, 2.05) is 44.2 Å². The summed E-state index contributed by atoms with van der Waals surface area (Å²) in [4.78, 5) is 23.7. The summed E-state index contributed by atoms with van der Waals surface area (Å²) in [7, 11) is 0. The number of benzene rings is 1. The highest BCUT2D eigenvalue weighted by atomic mass is 16.6. The molecule has 1 N–H and O–H groups in total. The number of hydrogen-bond donors (Lipinski definition) is 1. The Morgan fingerprint density at radius 1 is 1.04 bits per heavy atom. The van der Waals surface area contributed by atoms with Gasteiger partial charge in [0, 0.05) is 12.5 Å². The molecule has 1 aromatic rings. The van der Waals surface area contributed by atoms with Crippen LogP contribution in [0.25, 0.3) is 0 Å². The predicted molar refractivity (Wildman–Crippen MR) is 90.2 cm³/mol. The largest absolute Gasteiger partial charge is 0.466 e. The van der Waals surface area contributed by atoms with Crippen molar-refractivity contribution in [3.05, 3.63) is 35.9 Å². The molecule has 0 fully saturated rings. The van der Waals surface area contributed by atoms with E-state index in [1.165, 1.54) is 0 Å². The molecule has 1 rings (SSSR count). The standard InChI is InChI=1S/C18H27NO5/c1-4-15(12-16(20)22-5-2)17(23-6-3)19-18(21)24-13-14-10-8-7-9-11-14/h7-11,15,17H,4-6,12-13H2,1-3H3,(H,19,21). The molecule has 0 spiro atoms. The van der Waals surface area contributed by atoms with E-state index in [0.717, 1.165) is 5.56 Å². The van der Waals surface area contributed by atoms with Gasteiger partial charge in [-0.05, 0) is 25.8 Å². The fraction of sp³-hybridized carbons (Fsp3) is 0.556. The van der Waals surface area contributed by atoms with Gasteiger partial charge in [-0.3, -0.25) is 10.1 Å². The Morgan fingerprint density at radius 3 is 2.33 bits per heavy atom. The zero-order valence-electron chi connectivity index (χ0n) is 14.6. The molecule has 0 bridgehead atoms. The van der Waals surface area contributed by atoms with Crippen molar-refractivity contribution in [1.82, 2.24) is 5.32 Å². The minimum atomic E-state index is -0.590. The maximum Gasteiger partial charge on any atom is 0.409 e. The molecule has 2 atom stereocenters. The Bertz CT molecular complexity index is 491. The van der Waals surface area contributed by atoms with E-state index in [9.17, 15) is 9.59 Å². The van der Waals surface area contributed by atoms with Gasteiger partial charge in [-0.15, -0.1) is 0 Å². The molecule has 6 heteroatoms. The number of ether oxygens (including phenoxy) is 3. The van der Waals surface area contributed by atoms with E-state index in [2.05, 4.69) is 5.32 Å². The van der Waals surface area contributed by atoms with Crippen molar-refractivity contribution >= 4 is 12.1 Å². The van der Waals surface area contributed by atoms with Gasteiger partial charge in [-0.2, -0.15) is 0 Å². The molecule has 0 aromatic heterocycles. The van der Waals surface area contributed by atoms with Crippen LogP contribution in [0.5, 0.6) is 0 Å². The molecule has 134 valence electrons. The summed E-state index contributed by atoms with van der Waals surface area (Å²) in [5.41, 5.74) is 0.902. The molecule has 0 radical (unpaired) electrons. The number of nitrogens with one attached hydrogen (secondary N) is 1. The summed E-state index contributed by atoms with van der Waals surface area (Å²) in [5, 5.41) is 2.70. The monoisotopic (exact) mass is 337 g/mol. The summed E-state index contributed by atoms with van der Waals surface area (Å²) >= 11 is 0. The second kappa shape index (κ2) is 11.5. The van der Waals surface area contributed by atoms with E-state index >= 15 is 0 Å². The van der Waals surface area contributed by atoms with Crippen LogP contribution in [0.15, 0.2) is 30.3 Å². The lowest BCUT2D eigenvalue weighted by molar-refractivity contribution is -0.146. The number of carbonyl (C=O) groups is 2. The minimum Gasteiger partial charge on any atom is -0.466 e. The van der Waals surface area contributed by atoms with E-state index in [0.29, 0.717) is 19.6 Å². The van der Waals surface area contributed by atoms with Gasteiger partial charge in [-0.1, -0.05) is 37.3 Å². The molecule has 0 heterocycles.